The smallest absolute Gasteiger partial charge is 0.255 e. The molecule has 1 fully saturated rings. The van der Waals surface area contributed by atoms with Gasteiger partial charge in [0, 0.05) is 30.1 Å². The number of aryl methyl sites for hydroxylation is 1. The van der Waals surface area contributed by atoms with Gasteiger partial charge < -0.3 is 10.2 Å². The third kappa shape index (κ3) is 3.25. The number of carbonyl (C=O) groups is 1. The Kier molecular flexibility index (Phi) is 5.63. The minimum absolute atomic E-state index is 0. The van der Waals surface area contributed by atoms with Gasteiger partial charge in [0.1, 0.15) is 0 Å². The number of rotatable bonds is 1. The van der Waals surface area contributed by atoms with Crippen LogP contribution >= 0.6 is 28.3 Å². The molecule has 1 saturated heterocycles. The van der Waals surface area contributed by atoms with E-state index in [4.69, 9.17) is 0 Å². The Labute approximate surface area is 122 Å². The zero-order valence-corrected chi connectivity index (χ0v) is 13.0. The lowest BCUT2D eigenvalue weighted by Gasteiger charge is -2.34. The summed E-state index contributed by atoms with van der Waals surface area (Å²) in [7, 11) is 0. The van der Waals surface area contributed by atoms with Crippen molar-refractivity contribution < 1.29 is 4.79 Å². The number of carbonyl (C=O) groups excluding carboxylic acids is 1. The Bertz CT molecular complexity index is 439. The van der Waals surface area contributed by atoms with Gasteiger partial charge in [0.2, 0.25) is 0 Å². The molecule has 0 aromatic heterocycles. The normalized spacial score (nSPS) is 19.3. The summed E-state index contributed by atoms with van der Waals surface area (Å²) in [6.45, 7) is 6.62. The van der Waals surface area contributed by atoms with E-state index < -0.39 is 0 Å². The average molecular weight is 334 g/mol. The molecule has 1 aromatic rings. The molecule has 0 aliphatic carbocycles. The first-order valence-corrected chi connectivity index (χ1v) is 6.66. The van der Waals surface area contributed by atoms with E-state index in [9.17, 15) is 4.79 Å². The fraction of sp³-hybridized carbons (Fsp3) is 0.462. The Balaban J connectivity index is 0.00000162. The van der Waals surface area contributed by atoms with E-state index in [1.807, 2.05) is 30.0 Å². The zero-order chi connectivity index (χ0) is 12.4. The van der Waals surface area contributed by atoms with Crippen molar-refractivity contribution in [2.24, 2.45) is 0 Å². The van der Waals surface area contributed by atoms with Crippen LogP contribution in [0.4, 0.5) is 0 Å². The second-order valence-corrected chi connectivity index (χ2v) is 5.39. The highest BCUT2D eigenvalue weighted by atomic mass is 79.9. The molecule has 1 N–H and O–H groups in total. The summed E-state index contributed by atoms with van der Waals surface area (Å²) in [5.74, 6) is 0.117. The van der Waals surface area contributed by atoms with Crippen molar-refractivity contribution in [2.45, 2.75) is 19.9 Å². The Morgan fingerprint density at radius 3 is 2.83 bits per heavy atom. The minimum atomic E-state index is 0. The highest BCUT2D eigenvalue weighted by Gasteiger charge is 2.25. The van der Waals surface area contributed by atoms with E-state index in [0.29, 0.717) is 0 Å². The number of hydrogen-bond acceptors (Lipinski definition) is 2. The maximum Gasteiger partial charge on any atom is 0.255 e. The first-order valence-electron chi connectivity index (χ1n) is 5.87. The molecule has 2 rings (SSSR count). The minimum Gasteiger partial charge on any atom is -0.333 e. The summed E-state index contributed by atoms with van der Waals surface area (Å²) in [5.41, 5.74) is 1.91. The topological polar surface area (TPSA) is 32.3 Å². The molecule has 0 unspecified atom stereocenters. The largest absolute Gasteiger partial charge is 0.333 e. The SMILES string of the molecule is Cc1ccc(C(=O)N2CCNC[C@H]2C)c(Br)c1.Cl. The lowest BCUT2D eigenvalue weighted by molar-refractivity contribution is 0.0655. The van der Waals surface area contributed by atoms with E-state index in [1.165, 1.54) is 0 Å². The maximum absolute atomic E-state index is 12.4. The van der Waals surface area contributed by atoms with Crippen LogP contribution in [0.25, 0.3) is 0 Å². The summed E-state index contributed by atoms with van der Waals surface area (Å²) in [6, 6.07) is 6.12. The van der Waals surface area contributed by atoms with Gasteiger partial charge in [-0.05, 0) is 47.5 Å². The molecular weight excluding hydrogens is 316 g/mol. The van der Waals surface area contributed by atoms with Gasteiger partial charge in [-0.1, -0.05) is 6.07 Å². The van der Waals surface area contributed by atoms with E-state index in [-0.39, 0.29) is 24.4 Å². The Hall–Kier alpha value is -0.580. The molecule has 0 spiro atoms. The van der Waals surface area contributed by atoms with Crippen LogP contribution in [0.2, 0.25) is 0 Å². The molecule has 0 radical (unpaired) electrons. The third-order valence-electron chi connectivity index (χ3n) is 3.12. The van der Waals surface area contributed by atoms with Gasteiger partial charge >= 0.3 is 0 Å². The average Bonchev–Trinajstić information content (AvgIpc) is 2.29. The van der Waals surface area contributed by atoms with Gasteiger partial charge in [0.15, 0.2) is 0 Å². The van der Waals surface area contributed by atoms with Crippen LogP contribution in [0.5, 0.6) is 0 Å². The fourth-order valence-electron chi connectivity index (χ4n) is 2.09. The second-order valence-electron chi connectivity index (χ2n) is 4.53. The number of nitrogens with zero attached hydrogens (tertiary/aromatic N) is 1. The standard InChI is InChI=1S/C13H17BrN2O.ClH/c1-9-3-4-11(12(14)7-9)13(17)16-6-5-15-8-10(16)2;/h3-4,7,10,15H,5-6,8H2,1-2H3;1H/t10-;/m1./s1. The van der Waals surface area contributed by atoms with Gasteiger partial charge in [0.05, 0.1) is 5.56 Å². The molecule has 1 atom stereocenters. The highest BCUT2D eigenvalue weighted by molar-refractivity contribution is 9.10. The molecule has 18 heavy (non-hydrogen) atoms. The van der Waals surface area contributed by atoms with Crippen LogP contribution in [0.3, 0.4) is 0 Å². The monoisotopic (exact) mass is 332 g/mol. The molecule has 5 heteroatoms. The van der Waals surface area contributed by atoms with Crippen LogP contribution in [0.15, 0.2) is 22.7 Å². The molecule has 0 bridgehead atoms. The number of amides is 1. The van der Waals surface area contributed by atoms with Crippen LogP contribution < -0.4 is 5.32 Å². The molecule has 3 nitrogen and oxygen atoms in total. The van der Waals surface area contributed by atoms with Crippen molar-refractivity contribution in [1.82, 2.24) is 10.2 Å². The quantitative estimate of drug-likeness (QED) is 0.857. The fourth-order valence-corrected chi connectivity index (χ4v) is 2.75. The van der Waals surface area contributed by atoms with E-state index >= 15 is 0 Å². The zero-order valence-electron chi connectivity index (χ0n) is 10.6. The van der Waals surface area contributed by atoms with Crippen LogP contribution in [0.1, 0.15) is 22.8 Å². The molecule has 100 valence electrons. The van der Waals surface area contributed by atoms with Crippen molar-refractivity contribution in [2.75, 3.05) is 19.6 Å². The molecule has 1 heterocycles. The van der Waals surface area contributed by atoms with Gasteiger partial charge in [-0.15, -0.1) is 12.4 Å². The van der Waals surface area contributed by atoms with E-state index in [0.717, 1.165) is 35.2 Å². The van der Waals surface area contributed by atoms with E-state index in [2.05, 4.69) is 28.2 Å². The maximum atomic E-state index is 12.4. The lowest BCUT2D eigenvalue weighted by Crippen LogP contribution is -2.52. The predicted molar refractivity (Wildman–Crippen MR) is 79.5 cm³/mol. The van der Waals surface area contributed by atoms with Crippen LogP contribution in [-0.4, -0.2) is 36.5 Å². The van der Waals surface area contributed by atoms with Crippen molar-refractivity contribution in [1.29, 1.82) is 0 Å². The van der Waals surface area contributed by atoms with Crippen molar-refractivity contribution in [3.05, 3.63) is 33.8 Å². The Morgan fingerprint density at radius 1 is 1.50 bits per heavy atom. The number of piperazine rings is 1. The van der Waals surface area contributed by atoms with Gasteiger partial charge in [0.25, 0.3) is 5.91 Å². The first kappa shape index (κ1) is 15.5. The van der Waals surface area contributed by atoms with Crippen molar-refractivity contribution in [3.63, 3.8) is 0 Å². The molecule has 0 saturated carbocycles. The lowest BCUT2D eigenvalue weighted by atomic mass is 10.1. The molecule has 1 amide bonds. The van der Waals surface area contributed by atoms with Crippen molar-refractivity contribution >= 4 is 34.2 Å². The second kappa shape index (κ2) is 6.55. The van der Waals surface area contributed by atoms with E-state index in [1.54, 1.807) is 0 Å². The number of benzene rings is 1. The predicted octanol–water partition coefficient (Wildman–Crippen LogP) is 2.61. The third-order valence-corrected chi connectivity index (χ3v) is 3.77. The summed E-state index contributed by atoms with van der Waals surface area (Å²) in [6.07, 6.45) is 0. The summed E-state index contributed by atoms with van der Waals surface area (Å²) in [5, 5.41) is 3.29. The number of halogens is 2. The van der Waals surface area contributed by atoms with Crippen LogP contribution in [-0.2, 0) is 0 Å². The molecular formula is C13H18BrClN2O. The summed E-state index contributed by atoms with van der Waals surface area (Å²) >= 11 is 3.47. The van der Waals surface area contributed by atoms with Gasteiger partial charge in [-0.2, -0.15) is 0 Å². The van der Waals surface area contributed by atoms with Gasteiger partial charge in [-0.25, -0.2) is 0 Å². The summed E-state index contributed by atoms with van der Waals surface area (Å²) < 4.78 is 0.883. The first-order chi connectivity index (χ1) is 8.09. The van der Waals surface area contributed by atoms with Gasteiger partial charge in [-0.3, -0.25) is 4.79 Å². The molecule has 1 aliphatic rings. The molecule has 1 aromatic carbocycles. The number of nitrogens with one attached hydrogen (secondary N) is 1. The highest BCUT2D eigenvalue weighted by Crippen LogP contribution is 2.21. The Morgan fingerprint density at radius 2 is 2.22 bits per heavy atom. The summed E-state index contributed by atoms with van der Waals surface area (Å²) in [4.78, 5) is 14.3. The number of hydrogen-bond donors (Lipinski definition) is 1. The molecule has 1 aliphatic heterocycles. The van der Waals surface area contributed by atoms with Crippen molar-refractivity contribution in [3.8, 4) is 0 Å². The van der Waals surface area contributed by atoms with Crippen LogP contribution in [0, 0.1) is 6.92 Å².